The minimum Gasteiger partial charge on any atom is -0.344 e. The molecule has 1 aromatic heterocycles. The average molecular weight is 335 g/mol. The first-order valence-electron chi connectivity index (χ1n) is 8.35. The van der Waals surface area contributed by atoms with E-state index in [4.69, 9.17) is 0 Å². The minimum atomic E-state index is -0.312. The fraction of sp³-hybridized carbons (Fsp3) is 0.250. The molecule has 0 aliphatic rings. The topological polar surface area (TPSA) is 74.8 Å². The van der Waals surface area contributed by atoms with Gasteiger partial charge in [-0.15, -0.1) is 0 Å². The molecule has 2 aromatic carbocycles. The van der Waals surface area contributed by atoms with E-state index in [1.54, 1.807) is 24.3 Å². The van der Waals surface area contributed by atoms with Crippen molar-refractivity contribution in [1.82, 2.24) is 15.5 Å². The van der Waals surface area contributed by atoms with Gasteiger partial charge in [-0.2, -0.15) is 5.10 Å². The zero-order valence-electron chi connectivity index (χ0n) is 14.5. The number of hydrogen-bond donors (Lipinski definition) is 2. The quantitative estimate of drug-likeness (QED) is 0.766. The lowest BCUT2D eigenvalue weighted by Gasteiger charge is -2.15. The molecule has 3 aromatic rings. The van der Waals surface area contributed by atoms with Crippen LogP contribution in [0.4, 0.5) is 0 Å². The number of aromatic amines is 1. The van der Waals surface area contributed by atoms with Crippen molar-refractivity contribution in [2.75, 3.05) is 0 Å². The molecule has 2 N–H and O–H groups in total. The molecule has 5 heteroatoms. The first-order chi connectivity index (χ1) is 12.0. The van der Waals surface area contributed by atoms with Crippen molar-refractivity contribution in [2.45, 2.75) is 32.7 Å². The van der Waals surface area contributed by atoms with Crippen molar-refractivity contribution < 1.29 is 4.79 Å². The number of nitrogens with zero attached hydrogens (tertiary/aromatic N) is 1. The van der Waals surface area contributed by atoms with E-state index in [0.717, 1.165) is 5.56 Å². The van der Waals surface area contributed by atoms with Gasteiger partial charge in [-0.05, 0) is 30.0 Å². The molecule has 5 nitrogen and oxygen atoms in total. The number of amides is 1. The van der Waals surface area contributed by atoms with Crippen molar-refractivity contribution in [2.24, 2.45) is 0 Å². The Morgan fingerprint density at radius 3 is 2.20 bits per heavy atom. The van der Waals surface area contributed by atoms with Gasteiger partial charge in [0, 0.05) is 5.39 Å². The number of benzene rings is 2. The maximum absolute atomic E-state index is 12.6. The third-order valence-electron chi connectivity index (χ3n) is 4.36. The summed E-state index contributed by atoms with van der Waals surface area (Å²) in [5, 5.41) is 10.3. The zero-order valence-corrected chi connectivity index (χ0v) is 14.5. The number of fused-ring (bicyclic) bond motifs is 1. The van der Waals surface area contributed by atoms with Crippen LogP contribution >= 0.6 is 0 Å². The fourth-order valence-corrected chi connectivity index (χ4v) is 2.81. The molecule has 0 bridgehead atoms. The summed E-state index contributed by atoms with van der Waals surface area (Å²) in [6.07, 6.45) is 0. The van der Waals surface area contributed by atoms with E-state index in [9.17, 15) is 9.59 Å². The Morgan fingerprint density at radius 2 is 1.56 bits per heavy atom. The molecule has 0 aliphatic heterocycles. The largest absolute Gasteiger partial charge is 0.344 e. The normalized spacial score (nSPS) is 12.3. The number of carbonyl (C=O) groups excluding carboxylic acids is 1. The molecule has 1 amide bonds. The Hall–Kier alpha value is -2.95. The number of nitrogens with one attached hydrogen (secondary N) is 2. The second-order valence-electron chi connectivity index (χ2n) is 6.46. The van der Waals surface area contributed by atoms with Crippen LogP contribution in [-0.4, -0.2) is 16.1 Å². The molecule has 0 spiro atoms. The van der Waals surface area contributed by atoms with Crippen molar-refractivity contribution >= 4 is 16.7 Å². The Labute approximate surface area is 146 Å². The van der Waals surface area contributed by atoms with Gasteiger partial charge in [-0.25, -0.2) is 5.10 Å². The number of hydrogen-bond acceptors (Lipinski definition) is 3. The van der Waals surface area contributed by atoms with Crippen LogP contribution < -0.4 is 10.9 Å². The van der Waals surface area contributed by atoms with Crippen molar-refractivity contribution in [3.8, 4) is 0 Å². The maximum atomic E-state index is 12.6. The van der Waals surface area contributed by atoms with Gasteiger partial charge in [0.1, 0.15) is 0 Å². The highest BCUT2D eigenvalue weighted by molar-refractivity contribution is 6.04. The molecule has 0 radical (unpaired) electrons. The standard InChI is InChI=1S/C20H21N3O2/c1-12(2)14-8-10-15(11-9-14)13(3)21-20(25)18-16-6-4-5-7-17(16)19(24)23-22-18/h4-13H,1-3H3,(H,21,25)(H,23,24). The summed E-state index contributed by atoms with van der Waals surface area (Å²) >= 11 is 0. The molecular formula is C20H21N3O2. The van der Waals surface area contributed by atoms with Gasteiger partial charge in [-0.1, -0.05) is 56.3 Å². The second kappa shape index (κ2) is 6.89. The van der Waals surface area contributed by atoms with Gasteiger partial charge >= 0.3 is 0 Å². The predicted octanol–water partition coefficient (Wildman–Crippen LogP) is 3.54. The van der Waals surface area contributed by atoms with Crippen molar-refractivity contribution in [3.63, 3.8) is 0 Å². The smallest absolute Gasteiger partial charge is 0.272 e. The summed E-state index contributed by atoms with van der Waals surface area (Å²) in [5.41, 5.74) is 2.20. The molecule has 25 heavy (non-hydrogen) atoms. The van der Waals surface area contributed by atoms with Gasteiger partial charge in [-0.3, -0.25) is 9.59 Å². The lowest BCUT2D eigenvalue weighted by Crippen LogP contribution is -2.29. The van der Waals surface area contributed by atoms with E-state index in [-0.39, 0.29) is 23.2 Å². The van der Waals surface area contributed by atoms with Crippen LogP contribution in [0.25, 0.3) is 10.8 Å². The predicted molar refractivity (Wildman–Crippen MR) is 98.8 cm³/mol. The van der Waals surface area contributed by atoms with E-state index >= 15 is 0 Å². The van der Waals surface area contributed by atoms with Crippen LogP contribution in [0.3, 0.4) is 0 Å². The number of H-pyrrole nitrogens is 1. The molecule has 3 rings (SSSR count). The highest BCUT2D eigenvalue weighted by Crippen LogP contribution is 2.19. The van der Waals surface area contributed by atoms with E-state index in [1.807, 2.05) is 19.1 Å². The summed E-state index contributed by atoms with van der Waals surface area (Å²) in [5.74, 6) is 0.156. The molecular weight excluding hydrogens is 314 g/mol. The monoisotopic (exact) mass is 335 g/mol. The van der Waals surface area contributed by atoms with E-state index in [1.165, 1.54) is 5.56 Å². The Balaban J connectivity index is 1.85. The first kappa shape index (κ1) is 16.9. The first-order valence-corrected chi connectivity index (χ1v) is 8.35. The van der Waals surface area contributed by atoms with Gasteiger partial charge in [0.15, 0.2) is 5.69 Å². The Morgan fingerprint density at radius 1 is 0.960 bits per heavy atom. The summed E-state index contributed by atoms with van der Waals surface area (Å²) in [6.45, 7) is 6.22. The minimum absolute atomic E-state index is 0.166. The van der Waals surface area contributed by atoms with E-state index < -0.39 is 0 Å². The van der Waals surface area contributed by atoms with Crippen LogP contribution in [0, 0.1) is 0 Å². The van der Waals surface area contributed by atoms with Gasteiger partial charge < -0.3 is 5.32 Å². The van der Waals surface area contributed by atoms with Crippen molar-refractivity contribution in [3.05, 3.63) is 75.7 Å². The maximum Gasteiger partial charge on any atom is 0.272 e. The molecule has 0 saturated heterocycles. The molecule has 0 aliphatic carbocycles. The SMILES string of the molecule is CC(C)c1ccc(C(C)NC(=O)c2n[nH]c(=O)c3ccccc23)cc1. The summed E-state index contributed by atoms with van der Waals surface area (Å²) in [4.78, 5) is 24.5. The lowest BCUT2D eigenvalue weighted by molar-refractivity contribution is 0.0935. The van der Waals surface area contributed by atoms with Crippen LogP contribution in [0.1, 0.15) is 54.3 Å². The van der Waals surface area contributed by atoms with E-state index in [2.05, 4.69) is 41.5 Å². The fourth-order valence-electron chi connectivity index (χ4n) is 2.81. The van der Waals surface area contributed by atoms with Crippen LogP contribution in [0.2, 0.25) is 0 Å². The highest BCUT2D eigenvalue weighted by atomic mass is 16.2. The molecule has 0 saturated carbocycles. The highest BCUT2D eigenvalue weighted by Gasteiger charge is 2.17. The number of carbonyl (C=O) groups is 1. The second-order valence-corrected chi connectivity index (χ2v) is 6.46. The van der Waals surface area contributed by atoms with Gasteiger partial charge in [0.25, 0.3) is 11.5 Å². The van der Waals surface area contributed by atoms with Gasteiger partial charge in [0.05, 0.1) is 11.4 Å². The van der Waals surface area contributed by atoms with Crippen LogP contribution in [0.15, 0.2) is 53.3 Å². The molecule has 1 heterocycles. The lowest BCUT2D eigenvalue weighted by atomic mass is 9.99. The van der Waals surface area contributed by atoms with Gasteiger partial charge in [0.2, 0.25) is 0 Å². The summed E-state index contributed by atoms with van der Waals surface area (Å²) in [6, 6.07) is 15.0. The third kappa shape index (κ3) is 3.45. The molecule has 0 fully saturated rings. The summed E-state index contributed by atoms with van der Waals surface area (Å²) < 4.78 is 0. The Bertz CT molecular complexity index is 959. The zero-order chi connectivity index (χ0) is 18.0. The average Bonchev–Trinajstić information content (AvgIpc) is 2.62. The molecule has 1 atom stereocenters. The molecule has 1 unspecified atom stereocenters. The van der Waals surface area contributed by atoms with E-state index in [0.29, 0.717) is 16.7 Å². The van der Waals surface area contributed by atoms with Crippen LogP contribution in [0.5, 0.6) is 0 Å². The van der Waals surface area contributed by atoms with Crippen molar-refractivity contribution in [1.29, 1.82) is 0 Å². The third-order valence-corrected chi connectivity index (χ3v) is 4.36. The Kier molecular flexibility index (Phi) is 4.65. The molecule has 128 valence electrons. The number of aromatic nitrogens is 2. The number of rotatable bonds is 4. The summed E-state index contributed by atoms with van der Waals surface area (Å²) in [7, 11) is 0. The van der Waals surface area contributed by atoms with Crippen LogP contribution in [-0.2, 0) is 0 Å².